The molecule has 24 heavy (non-hydrogen) atoms. The Bertz CT molecular complexity index is 757. The molecule has 4 nitrogen and oxygen atoms in total. The van der Waals surface area contributed by atoms with Gasteiger partial charge in [-0.05, 0) is 35.4 Å². The van der Waals surface area contributed by atoms with Gasteiger partial charge in [0.15, 0.2) is 0 Å². The summed E-state index contributed by atoms with van der Waals surface area (Å²) in [6, 6.07) is 16.2. The Morgan fingerprint density at radius 1 is 1.17 bits per heavy atom. The van der Waals surface area contributed by atoms with Crippen LogP contribution >= 0.6 is 15.9 Å². The van der Waals surface area contributed by atoms with Gasteiger partial charge in [-0.1, -0.05) is 40.2 Å². The molecule has 1 atom stereocenters. The lowest BCUT2D eigenvalue weighted by molar-refractivity contribution is 0.0279. The van der Waals surface area contributed by atoms with Crippen molar-refractivity contribution in [2.45, 2.75) is 19.3 Å². The number of halogens is 1. The highest BCUT2D eigenvalue weighted by Crippen LogP contribution is 2.24. The van der Waals surface area contributed by atoms with Crippen LogP contribution in [-0.2, 0) is 17.9 Å². The summed E-state index contributed by atoms with van der Waals surface area (Å²) in [5.74, 6) is 0.839. The largest absolute Gasteiger partial charge is 0.497 e. The van der Waals surface area contributed by atoms with Gasteiger partial charge in [-0.2, -0.15) is 0 Å². The number of rotatable bonds is 7. The average Bonchev–Trinajstić information content (AvgIpc) is 3.13. The lowest BCUT2D eigenvalue weighted by Crippen LogP contribution is -2.12. The highest BCUT2D eigenvalue weighted by Gasteiger charge is 2.13. The first-order chi connectivity index (χ1) is 11.7. The predicted molar refractivity (Wildman–Crippen MR) is 96.9 cm³/mol. The summed E-state index contributed by atoms with van der Waals surface area (Å²) < 4.78 is 14.6. The molecule has 0 aliphatic rings. The summed E-state index contributed by atoms with van der Waals surface area (Å²) in [4.78, 5) is 4.11. The normalized spacial score (nSPS) is 12.1. The second-order valence-corrected chi connectivity index (χ2v) is 6.38. The molecular weight excluding hydrogens is 368 g/mol. The minimum atomic E-state index is -0.0569. The first-order valence-electron chi connectivity index (χ1n) is 7.70. The highest BCUT2D eigenvalue weighted by atomic mass is 79.9. The Morgan fingerprint density at radius 3 is 2.71 bits per heavy atom. The van der Waals surface area contributed by atoms with Crippen molar-refractivity contribution in [3.05, 3.63) is 82.9 Å². The van der Waals surface area contributed by atoms with Crippen LogP contribution in [0.4, 0.5) is 0 Å². The maximum atomic E-state index is 6.21. The van der Waals surface area contributed by atoms with E-state index in [4.69, 9.17) is 9.47 Å². The van der Waals surface area contributed by atoms with Gasteiger partial charge in [0.2, 0.25) is 0 Å². The van der Waals surface area contributed by atoms with Gasteiger partial charge < -0.3 is 14.0 Å². The third-order valence-electron chi connectivity index (χ3n) is 3.76. The van der Waals surface area contributed by atoms with E-state index in [1.807, 2.05) is 47.2 Å². The first-order valence-corrected chi connectivity index (χ1v) is 8.49. The van der Waals surface area contributed by atoms with E-state index < -0.39 is 0 Å². The maximum absolute atomic E-state index is 6.21. The molecule has 0 spiro atoms. The van der Waals surface area contributed by atoms with Gasteiger partial charge in [0.25, 0.3) is 0 Å². The van der Waals surface area contributed by atoms with Gasteiger partial charge in [-0.15, -0.1) is 0 Å². The summed E-state index contributed by atoms with van der Waals surface area (Å²) in [7, 11) is 1.67. The van der Waals surface area contributed by atoms with Gasteiger partial charge in [-0.3, -0.25) is 0 Å². The van der Waals surface area contributed by atoms with Crippen molar-refractivity contribution in [3.8, 4) is 5.75 Å². The smallest absolute Gasteiger partial charge is 0.119 e. The Morgan fingerprint density at radius 2 is 2.00 bits per heavy atom. The van der Waals surface area contributed by atoms with E-state index in [0.717, 1.165) is 21.3 Å². The van der Waals surface area contributed by atoms with Crippen molar-refractivity contribution in [2.24, 2.45) is 0 Å². The molecule has 3 aromatic rings. The molecule has 2 aromatic carbocycles. The van der Waals surface area contributed by atoms with Crippen LogP contribution in [0.15, 0.2) is 71.7 Å². The van der Waals surface area contributed by atoms with Crippen molar-refractivity contribution in [1.82, 2.24) is 9.55 Å². The summed E-state index contributed by atoms with van der Waals surface area (Å²) in [5.41, 5.74) is 2.22. The average molecular weight is 387 g/mol. The van der Waals surface area contributed by atoms with E-state index >= 15 is 0 Å². The number of benzene rings is 2. The molecular formula is C19H19BrN2O2. The summed E-state index contributed by atoms with van der Waals surface area (Å²) in [6.07, 6.45) is 5.47. The quantitative estimate of drug-likeness (QED) is 0.594. The van der Waals surface area contributed by atoms with Gasteiger partial charge in [0, 0.05) is 16.9 Å². The van der Waals surface area contributed by atoms with E-state index in [-0.39, 0.29) is 6.10 Å². The van der Waals surface area contributed by atoms with Gasteiger partial charge in [0.1, 0.15) is 11.9 Å². The SMILES string of the molecule is COc1cccc(COC(Cn2ccnc2)c2ccc(Br)cc2)c1. The Balaban J connectivity index is 1.75. The molecule has 1 heterocycles. The standard InChI is InChI=1S/C19H19BrN2O2/c1-23-18-4-2-3-15(11-18)13-24-19(12-22-10-9-21-14-22)16-5-7-17(20)8-6-16/h2-11,14,19H,12-13H2,1H3. The second kappa shape index (κ2) is 8.13. The Kier molecular flexibility index (Phi) is 5.67. The maximum Gasteiger partial charge on any atom is 0.119 e. The Hall–Kier alpha value is -2.11. The Labute approximate surface area is 150 Å². The molecule has 0 fully saturated rings. The second-order valence-electron chi connectivity index (χ2n) is 5.46. The van der Waals surface area contributed by atoms with Gasteiger partial charge in [0.05, 0.1) is 26.6 Å². The van der Waals surface area contributed by atoms with E-state index in [0.29, 0.717) is 13.2 Å². The molecule has 0 bridgehead atoms. The molecule has 0 amide bonds. The molecule has 0 radical (unpaired) electrons. The molecule has 5 heteroatoms. The lowest BCUT2D eigenvalue weighted by atomic mass is 10.1. The highest BCUT2D eigenvalue weighted by molar-refractivity contribution is 9.10. The fourth-order valence-electron chi connectivity index (χ4n) is 2.48. The number of ether oxygens (including phenoxy) is 2. The van der Waals surface area contributed by atoms with Gasteiger partial charge >= 0.3 is 0 Å². The molecule has 0 N–H and O–H groups in total. The van der Waals surface area contributed by atoms with E-state index in [1.165, 1.54) is 0 Å². The van der Waals surface area contributed by atoms with Crippen molar-refractivity contribution in [2.75, 3.05) is 7.11 Å². The predicted octanol–water partition coefficient (Wildman–Crippen LogP) is 4.61. The van der Waals surface area contributed by atoms with Crippen LogP contribution in [0.3, 0.4) is 0 Å². The molecule has 124 valence electrons. The molecule has 0 saturated heterocycles. The monoisotopic (exact) mass is 386 g/mol. The topological polar surface area (TPSA) is 36.3 Å². The molecule has 1 aromatic heterocycles. The van der Waals surface area contributed by atoms with Crippen LogP contribution in [0.25, 0.3) is 0 Å². The molecule has 0 aliphatic heterocycles. The fraction of sp³-hybridized carbons (Fsp3) is 0.211. The van der Waals surface area contributed by atoms with Crippen LogP contribution < -0.4 is 4.74 Å². The number of imidazole rings is 1. The molecule has 3 rings (SSSR count). The van der Waals surface area contributed by atoms with Gasteiger partial charge in [-0.25, -0.2) is 4.98 Å². The van der Waals surface area contributed by atoms with E-state index in [9.17, 15) is 0 Å². The molecule has 0 aliphatic carbocycles. The number of nitrogens with zero attached hydrogens (tertiary/aromatic N) is 2. The van der Waals surface area contributed by atoms with E-state index in [2.05, 4.69) is 33.0 Å². The van der Waals surface area contributed by atoms with Crippen molar-refractivity contribution < 1.29 is 9.47 Å². The van der Waals surface area contributed by atoms with Crippen molar-refractivity contribution in [3.63, 3.8) is 0 Å². The third-order valence-corrected chi connectivity index (χ3v) is 4.29. The summed E-state index contributed by atoms with van der Waals surface area (Å²) in [5, 5.41) is 0. The third kappa shape index (κ3) is 4.46. The van der Waals surface area contributed by atoms with Crippen molar-refractivity contribution >= 4 is 15.9 Å². The minimum absolute atomic E-state index is 0.0569. The van der Waals surface area contributed by atoms with Crippen LogP contribution in [0.2, 0.25) is 0 Å². The zero-order valence-corrected chi connectivity index (χ0v) is 15.0. The first kappa shape index (κ1) is 16.7. The zero-order chi connectivity index (χ0) is 16.8. The number of hydrogen-bond acceptors (Lipinski definition) is 3. The van der Waals surface area contributed by atoms with Crippen LogP contribution in [0, 0.1) is 0 Å². The summed E-state index contributed by atoms with van der Waals surface area (Å²) >= 11 is 3.48. The van der Waals surface area contributed by atoms with E-state index in [1.54, 1.807) is 19.6 Å². The summed E-state index contributed by atoms with van der Waals surface area (Å²) in [6.45, 7) is 1.23. The number of aromatic nitrogens is 2. The minimum Gasteiger partial charge on any atom is -0.497 e. The lowest BCUT2D eigenvalue weighted by Gasteiger charge is -2.19. The molecule has 0 saturated carbocycles. The van der Waals surface area contributed by atoms with Crippen LogP contribution in [-0.4, -0.2) is 16.7 Å². The van der Waals surface area contributed by atoms with Crippen molar-refractivity contribution in [1.29, 1.82) is 0 Å². The number of methoxy groups -OCH3 is 1. The number of hydrogen-bond donors (Lipinski definition) is 0. The fourth-order valence-corrected chi connectivity index (χ4v) is 2.74. The van der Waals surface area contributed by atoms with Crippen LogP contribution in [0.5, 0.6) is 5.75 Å². The molecule has 1 unspecified atom stereocenters. The zero-order valence-electron chi connectivity index (χ0n) is 13.4. The van der Waals surface area contributed by atoms with Crippen LogP contribution in [0.1, 0.15) is 17.2 Å².